The zero-order chi connectivity index (χ0) is 13.8. The zero-order valence-electron chi connectivity index (χ0n) is 10.5. The summed E-state index contributed by atoms with van der Waals surface area (Å²) >= 11 is 3.37. The lowest BCUT2D eigenvalue weighted by molar-refractivity contribution is 0.191. The Morgan fingerprint density at radius 3 is 2.74 bits per heavy atom. The van der Waals surface area contributed by atoms with Gasteiger partial charge in [-0.3, -0.25) is 0 Å². The van der Waals surface area contributed by atoms with Gasteiger partial charge in [0.2, 0.25) is 0 Å². The molecule has 1 unspecified atom stereocenters. The maximum absolute atomic E-state index is 13.1. The number of halogens is 2. The van der Waals surface area contributed by atoms with Crippen LogP contribution >= 0.6 is 15.9 Å². The first-order valence-electron chi connectivity index (χ1n) is 6.00. The number of benzene rings is 2. The Kier molecular flexibility index (Phi) is 4.56. The van der Waals surface area contributed by atoms with Crippen molar-refractivity contribution in [1.82, 2.24) is 0 Å². The van der Waals surface area contributed by atoms with Crippen LogP contribution in [0.25, 0.3) is 0 Å². The predicted molar refractivity (Wildman–Crippen MR) is 78.7 cm³/mol. The van der Waals surface area contributed by atoms with E-state index in [1.807, 2.05) is 24.3 Å². The molecule has 0 bridgehead atoms. The maximum atomic E-state index is 13.1. The number of aryl methyl sites for hydroxylation is 1. The number of aliphatic hydroxyl groups excluding tert-OH is 1. The lowest BCUT2D eigenvalue weighted by atomic mass is 10.1. The Bertz CT molecular complexity index is 574. The molecule has 100 valence electrons. The van der Waals surface area contributed by atoms with Crippen molar-refractivity contribution >= 4 is 21.6 Å². The molecular weight excluding hydrogens is 309 g/mol. The summed E-state index contributed by atoms with van der Waals surface area (Å²) < 4.78 is 14.1. The summed E-state index contributed by atoms with van der Waals surface area (Å²) in [4.78, 5) is 0. The molecule has 2 aromatic carbocycles. The standard InChI is InChI=1S/C15H15BrFNO/c1-10-7-13(5-6-14(10)17)18-9-15(19)11-3-2-4-12(16)8-11/h2-8,15,18-19H,9H2,1H3. The van der Waals surface area contributed by atoms with Gasteiger partial charge in [0, 0.05) is 16.7 Å². The lowest BCUT2D eigenvalue weighted by Crippen LogP contribution is -2.12. The third kappa shape index (κ3) is 3.78. The summed E-state index contributed by atoms with van der Waals surface area (Å²) in [6.07, 6.45) is -0.608. The highest BCUT2D eigenvalue weighted by molar-refractivity contribution is 9.10. The van der Waals surface area contributed by atoms with Gasteiger partial charge in [0.1, 0.15) is 5.82 Å². The molecule has 0 aromatic heterocycles. The fraction of sp³-hybridized carbons (Fsp3) is 0.200. The van der Waals surface area contributed by atoms with Crippen molar-refractivity contribution in [2.45, 2.75) is 13.0 Å². The predicted octanol–water partition coefficient (Wildman–Crippen LogP) is 4.04. The van der Waals surface area contributed by atoms with E-state index in [-0.39, 0.29) is 5.82 Å². The van der Waals surface area contributed by atoms with Gasteiger partial charge in [-0.2, -0.15) is 0 Å². The van der Waals surface area contributed by atoms with E-state index in [1.54, 1.807) is 19.1 Å². The molecule has 0 fully saturated rings. The van der Waals surface area contributed by atoms with Crippen LogP contribution in [0.1, 0.15) is 17.2 Å². The molecule has 4 heteroatoms. The summed E-state index contributed by atoms with van der Waals surface area (Å²) in [5.41, 5.74) is 2.22. The number of aliphatic hydroxyl groups is 1. The Morgan fingerprint density at radius 2 is 2.05 bits per heavy atom. The molecule has 0 amide bonds. The van der Waals surface area contributed by atoms with Gasteiger partial charge in [-0.1, -0.05) is 28.1 Å². The molecule has 0 saturated carbocycles. The fourth-order valence-electron chi connectivity index (χ4n) is 1.80. The molecular formula is C15H15BrFNO. The van der Waals surface area contributed by atoms with Crippen LogP contribution in [0.4, 0.5) is 10.1 Å². The van der Waals surface area contributed by atoms with Gasteiger partial charge in [-0.05, 0) is 48.4 Å². The van der Waals surface area contributed by atoms with Gasteiger partial charge in [0.25, 0.3) is 0 Å². The second-order valence-electron chi connectivity index (χ2n) is 4.42. The normalized spacial score (nSPS) is 12.2. The van der Waals surface area contributed by atoms with Gasteiger partial charge < -0.3 is 10.4 Å². The molecule has 2 nitrogen and oxygen atoms in total. The van der Waals surface area contributed by atoms with Crippen molar-refractivity contribution < 1.29 is 9.50 Å². The Labute approximate surface area is 120 Å². The lowest BCUT2D eigenvalue weighted by Gasteiger charge is -2.14. The number of rotatable bonds is 4. The minimum atomic E-state index is -0.608. The molecule has 0 aliphatic rings. The van der Waals surface area contributed by atoms with E-state index in [0.29, 0.717) is 12.1 Å². The van der Waals surface area contributed by atoms with Crippen LogP contribution in [0.5, 0.6) is 0 Å². The van der Waals surface area contributed by atoms with Crippen LogP contribution in [0.3, 0.4) is 0 Å². The third-order valence-corrected chi connectivity index (χ3v) is 3.38. The summed E-state index contributed by atoms with van der Waals surface area (Å²) in [6, 6.07) is 12.3. The summed E-state index contributed by atoms with van der Waals surface area (Å²) in [6.45, 7) is 2.09. The van der Waals surface area contributed by atoms with Gasteiger partial charge in [0.05, 0.1) is 6.10 Å². The summed E-state index contributed by atoms with van der Waals surface area (Å²) in [5, 5.41) is 13.2. The van der Waals surface area contributed by atoms with E-state index in [9.17, 15) is 9.50 Å². The molecule has 0 saturated heterocycles. The monoisotopic (exact) mass is 323 g/mol. The molecule has 0 heterocycles. The number of nitrogens with one attached hydrogen (secondary N) is 1. The minimum absolute atomic E-state index is 0.224. The molecule has 1 atom stereocenters. The van der Waals surface area contributed by atoms with Crippen molar-refractivity contribution in [2.75, 3.05) is 11.9 Å². The highest BCUT2D eigenvalue weighted by Gasteiger charge is 2.08. The number of hydrogen-bond acceptors (Lipinski definition) is 2. The highest BCUT2D eigenvalue weighted by atomic mass is 79.9. The molecule has 2 aromatic rings. The van der Waals surface area contributed by atoms with Crippen molar-refractivity contribution in [3.8, 4) is 0 Å². The topological polar surface area (TPSA) is 32.3 Å². The van der Waals surface area contributed by atoms with Crippen molar-refractivity contribution in [3.63, 3.8) is 0 Å². The van der Waals surface area contributed by atoms with E-state index in [2.05, 4.69) is 21.2 Å². The average Bonchev–Trinajstić information content (AvgIpc) is 2.40. The van der Waals surface area contributed by atoms with Crippen LogP contribution in [0.15, 0.2) is 46.9 Å². The first kappa shape index (κ1) is 14.0. The number of hydrogen-bond donors (Lipinski definition) is 2. The summed E-state index contributed by atoms with van der Waals surface area (Å²) in [7, 11) is 0. The van der Waals surface area contributed by atoms with Crippen LogP contribution in [-0.2, 0) is 0 Å². The molecule has 2 N–H and O–H groups in total. The summed E-state index contributed by atoms with van der Waals surface area (Å²) in [5.74, 6) is -0.224. The van der Waals surface area contributed by atoms with Crippen LogP contribution in [0.2, 0.25) is 0 Å². The van der Waals surface area contributed by atoms with Gasteiger partial charge >= 0.3 is 0 Å². The van der Waals surface area contributed by atoms with E-state index in [4.69, 9.17) is 0 Å². The van der Waals surface area contributed by atoms with Gasteiger partial charge in [-0.25, -0.2) is 4.39 Å². The van der Waals surface area contributed by atoms with Crippen LogP contribution in [-0.4, -0.2) is 11.7 Å². The molecule has 0 radical (unpaired) electrons. The smallest absolute Gasteiger partial charge is 0.126 e. The molecule has 0 aliphatic heterocycles. The van der Waals surface area contributed by atoms with E-state index in [1.165, 1.54) is 6.07 Å². The average molecular weight is 324 g/mol. The second-order valence-corrected chi connectivity index (χ2v) is 5.33. The van der Waals surface area contributed by atoms with Gasteiger partial charge in [-0.15, -0.1) is 0 Å². The minimum Gasteiger partial charge on any atom is -0.387 e. The Hall–Kier alpha value is -1.39. The fourth-order valence-corrected chi connectivity index (χ4v) is 2.22. The van der Waals surface area contributed by atoms with Crippen molar-refractivity contribution in [1.29, 1.82) is 0 Å². The molecule has 2 rings (SSSR count). The first-order chi connectivity index (χ1) is 9.06. The van der Waals surface area contributed by atoms with Gasteiger partial charge in [0.15, 0.2) is 0 Å². The molecule has 0 spiro atoms. The Balaban J connectivity index is 2.00. The quantitative estimate of drug-likeness (QED) is 0.889. The van der Waals surface area contributed by atoms with Crippen LogP contribution in [0, 0.1) is 12.7 Å². The van der Waals surface area contributed by atoms with Crippen molar-refractivity contribution in [3.05, 3.63) is 63.9 Å². The van der Waals surface area contributed by atoms with E-state index < -0.39 is 6.10 Å². The van der Waals surface area contributed by atoms with Crippen molar-refractivity contribution in [2.24, 2.45) is 0 Å². The third-order valence-electron chi connectivity index (χ3n) is 2.89. The molecule has 0 aliphatic carbocycles. The largest absolute Gasteiger partial charge is 0.387 e. The Morgan fingerprint density at radius 1 is 1.26 bits per heavy atom. The van der Waals surface area contributed by atoms with E-state index >= 15 is 0 Å². The SMILES string of the molecule is Cc1cc(NCC(O)c2cccc(Br)c2)ccc1F. The van der Waals surface area contributed by atoms with Crippen LogP contribution < -0.4 is 5.32 Å². The molecule has 19 heavy (non-hydrogen) atoms. The number of anilines is 1. The van der Waals surface area contributed by atoms with E-state index in [0.717, 1.165) is 15.7 Å². The highest BCUT2D eigenvalue weighted by Crippen LogP contribution is 2.19. The maximum Gasteiger partial charge on any atom is 0.126 e. The second kappa shape index (κ2) is 6.17. The zero-order valence-corrected chi connectivity index (χ0v) is 12.1. The first-order valence-corrected chi connectivity index (χ1v) is 6.79.